The lowest BCUT2D eigenvalue weighted by Crippen LogP contribution is -2.18. The number of aliphatic carboxylic acids is 1. The lowest BCUT2D eigenvalue weighted by Gasteiger charge is -2.09. The van der Waals surface area contributed by atoms with Crippen molar-refractivity contribution in [1.82, 2.24) is 5.43 Å². The van der Waals surface area contributed by atoms with Gasteiger partial charge in [-0.15, -0.1) is 0 Å². The highest BCUT2D eigenvalue weighted by atomic mass is 16.5. The summed E-state index contributed by atoms with van der Waals surface area (Å²) in [4.78, 5) is 22.8. The minimum atomic E-state index is -1.08. The number of para-hydroxylation sites is 1. The Kier molecular flexibility index (Phi) is 6.55. The topological polar surface area (TPSA) is 106 Å². The van der Waals surface area contributed by atoms with E-state index in [9.17, 15) is 9.59 Å². The third-order valence-electron chi connectivity index (χ3n) is 3.29. The van der Waals surface area contributed by atoms with E-state index in [0.717, 1.165) is 0 Å². The van der Waals surface area contributed by atoms with Crippen molar-refractivity contribution < 1.29 is 28.9 Å². The minimum Gasteiger partial charge on any atom is -0.493 e. The Bertz CT molecular complexity index is 819. The Balaban J connectivity index is 2.06. The van der Waals surface area contributed by atoms with E-state index in [0.29, 0.717) is 28.4 Å². The molecule has 26 heavy (non-hydrogen) atoms. The molecule has 1 amide bonds. The molecule has 0 unspecified atom stereocenters. The zero-order chi connectivity index (χ0) is 18.9. The van der Waals surface area contributed by atoms with Crippen LogP contribution in [0.4, 0.5) is 0 Å². The highest BCUT2D eigenvalue weighted by Crippen LogP contribution is 2.27. The second kappa shape index (κ2) is 9.07. The summed E-state index contributed by atoms with van der Waals surface area (Å²) in [7, 11) is 2.98. The third kappa shape index (κ3) is 4.97. The van der Waals surface area contributed by atoms with E-state index in [-0.39, 0.29) is 0 Å². The highest BCUT2D eigenvalue weighted by molar-refractivity contribution is 5.95. The molecule has 2 N–H and O–H groups in total. The molecular formula is C18H18N2O6. The molecule has 0 saturated carbocycles. The summed E-state index contributed by atoms with van der Waals surface area (Å²) >= 11 is 0. The van der Waals surface area contributed by atoms with Gasteiger partial charge in [0.2, 0.25) is 0 Å². The standard InChI is InChI=1S/C18H18N2O6/c1-24-15-8-7-12(9-16(15)25-2)18(23)20-19-10-13-5-3-4-6-14(13)26-11-17(21)22/h3-10H,11H2,1-2H3,(H,20,23)(H,21,22)/b19-10-. The van der Waals surface area contributed by atoms with Crippen LogP contribution in [0.3, 0.4) is 0 Å². The fourth-order valence-corrected chi connectivity index (χ4v) is 2.06. The average molecular weight is 358 g/mol. The lowest BCUT2D eigenvalue weighted by atomic mass is 10.2. The summed E-state index contributed by atoms with van der Waals surface area (Å²) in [6, 6.07) is 11.5. The van der Waals surface area contributed by atoms with Crippen LogP contribution in [0, 0.1) is 0 Å². The van der Waals surface area contributed by atoms with Gasteiger partial charge >= 0.3 is 5.97 Å². The van der Waals surface area contributed by atoms with Gasteiger partial charge < -0.3 is 19.3 Å². The van der Waals surface area contributed by atoms with Gasteiger partial charge in [0.05, 0.1) is 20.4 Å². The Morgan fingerprint density at radius 1 is 1.08 bits per heavy atom. The van der Waals surface area contributed by atoms with Crippen molar-refractivity contribution >= 4 is 18.1 Å². The molecule has 0 bridgehead atoms. The number of nitrogens with zero attached hydrogens (tertiary/aromatic N) is 1. The van der Waals surface area contributed by atoms with Crippen LogP contribution in [0.25, 0.3) is 0 Å². The first-order chi connectivity index (χ1) is 12.5. The molecule has 0 fully saturated rings. The first kappa shape index (κ1) is 18.8. The fourth-order valence-electron chi connectivity index (χ4n) is 2.06. The molecule has 136 valence electrons. The predicted molar refractivity (Wildman–Crippen MR) is 94.2 cm³/mol. The molecule has 8 nitrogen and oxygen atoms in total. The van der Waals surface area contributed by atoms with Gasteiger partial charge in [0.25, 0.3) is 5.91 Å². The Hall–Kier alpha value is -3.55. The molecule has 2 aromatic carbocycles. The van der Waals surface area contributed by atoms with Crippen LogP contribution in [0.15, 0.2) is 47.6 Å². The number of nitrogens with one attached hydrogen (secondary N) is 1. The van der Waals surface area contributed by atoms with Crippen molar-refractivity contribution in [2.75, 3.05) is 20.8 Å². The van der Waals surface area contributed by atoms with Gasteiger partial charge in [0.15, 0.2) is 18.1 Å². The van der Waals surface area contributed by atoms with E-state index in [1.807, 2.05) is 0 Å². The molecule has 0 saturated heterocycles. The Morgan fingerprint density at radius 3 is 2.50 bits per heavy atom. The van der Waals surface area contributed by atoms with E-state index < -0.39 is 18.5 Å². The molecule has 8 heteroatoms. The predicted octanol–water partition coefficient (Wildman–Crippen LogP) is 1.93. The second-order valence-electron chi connectivity index (χ2n) is 4.99. The van der Waals surface area contributed by atoms with E-state index in [1.165, 1.54) is 26.5 Å². The smallest absolute Gasteiger partial charge is 0.341 e. The number of hydrogen-bond acceptors (Lipinski definition) is 6. The largest absolute Gasteiger partial charge is 0.493 e. The molecule has 0 aliphatic rings. The molecule has 0 heterocycles. The molecule has 0 atom stereocenters. The Morgan fingerprint density at radius 2 is 1.81 bits per heavy atom. The van der Waals surface area contributed by atoms with Crippen LogP contribution in [0.5, 0.6) is 17.2 Å². The summed E-state index contributed by atoms with van der Waals surface area (Å²) in [6.07, 6.45) is 1.37. The van der Waals surface area contributed by atoms with Crippen LogP contribution in [-0.4, -0.2) is 44.0 Å². The third-order valence-corrected chi connectivity index (χ3v) is 3.29. The second-order valence-corrected chi connectivity index (χ2v) is 4.99. The molecule has 0 radical (unpaired) electrons. The van der Waals surface area contributed by atoms with Crippen molar-refractivity contribution in [3.63, 3.8) is 0 Å². The van der Waals surface area contributed by atoms with Crippen LogP contribution in [-0.2, 0) is 4.79 Å². The molecule has 2 rings (SSSR count). The number of carboxylic acids is 1. The van der Waals surface area contributed by atoms with Crippen LogP contribution in [0.1, 0.15) is 15.9 Å². The molecule has 0 aliphatic carbocycles. The van der Waals surface area contributed by atoms with E-state index in [2.05, 4.69) is 10.5 Å². The normalized spacial score (nSPS) is 10.4. The monoisotopic (exact) mass is 358 g/mol. The number of carboxylic acid groups (broad SMARTS) is 1. The molecule has 0 spiro atoms. The quantitative estimate of drug-likeness (QED) is 0.552. The number of ether oxygens (including phenoxy) is 3. The van der Waals surface area contributed by atoms with Crippen LogP contribution < -0.4 is 19.6 Å². The van der Waals surface area contributed by atoms with Gasteiger partial charge in [-0.25, -0.2) is 10.2 Å². The number of amides is 1. The zero-order valence-corrected chi connectivity index (χ0v) is 14.3. The number of carbonyl (C=O) groups excluding carboxylic acids is 1. The number of rotatable bonds is 8. The maximum Gasteiger partial charge on any atom is 0.341 e. The maximum atomic E-state index is 12.2. The van der Waals surface area contributed by atoms with E-state index in [1.54, 1.807) is 36.4 Å². The highest BCUT2D eigenvalue weighted by Gasteiger charge is 2.10. The van der Waals surface area contributed by atoms with Gasteiger partial charge in [0.1, 0.15) is 5.75 Å². The zero-order valence-electron chi connectivity index (χ0n) is 14.3. The molecule has 2 aromatic rings. The number of methoxy groups -OCH3 is 2. The van der Waals surface area contributed by atoms with Crippen molar-refractivity contribution in [3.05, 3.63) is 53.6 Å². The summed E-state index contributed by atoms with van der Waals surface area (Å²) in [6.45, 7) is -0.469. The maximum absolute atomic E-state index is 12.2. The van der Waals surface area contributed by atoms with Crippen molar-refractivity contribution in [3.8, 4) is 17.2 Å². The summed E-state index contributed by atoms with van der Waals surface area (Å²) in [5.41, 5.74) is 3.26. The lowest BCUT2D eigenvalue weighted by molar-refractivity contribution is -0.139. The molecule has 0 aromatic heterocycles. The van der Waals surface area contributed by atoms with Gasteiger partial charge in [-0.3, -0.25) is 4.79 Å². The number of carbonyl (C=O) groups is 2. The summed E-state index contributed by atoms with van der Waals surface area (Å²) in [5.74, 6) is -0.239. The minimum absolute atomic E-state index is 0.343. The van der Waals surface area contributed by atoms with E-state index in [4.69, 9.17) is 19.3 Å². The summed E-state index contributed by atoms with van der Waals surface area (Å²) in [5, 5.41) is 12.6. The SMILES string of the molecule is COc1ccc(C(=O)N/N=C\c2ccccc2OCC(=O)O)cc1OC. The van der Waals surface area contributed by atoms with Crippen molar-refractivity contribution in [2.24, 2.45) is 5.10 Å². The van der Waals surface area contributed by atoms with Crippen molar-refractivity contribution in [1.29, 1.82) is 0 Å². The number of hydrazone groups is 1. The average Bonchev–Trinajstić information content (AvgIpc) is 2.66. The molecule has 0 aliphatic heterocycles. The van der Waals surface area contributed by atoms with Gasteiger partial charge in [-0.2, -0.15) is 5.10 Å². The van der Waals surface area contributed by atoms with Crippen molar-refractivity contribution in [2.45, 2.75) is 0 Å². The van der Waals surface area contributed by atoms with Crippen LogP contribution in [0.2, 0.25) is 0 Å². The van der Waals surface area contributed by atoms with Gasteiger partial charge in [0, 0.05) is 11.1 Å². The number of hydrogen-bond donors (Lipinski definition) is 2. The van der Waals surface area contributed by atoms with E-state index >= 15 is 0 Å². The van der Waals surface area contributed by atoms with Gasteiger partial charge in [-0.05, 0) is 30.3 Å². The van der Waals surface area contributed by atoms with Gasteiger partial charge in [-0.1, -0.05) is 12.1 Å². The summed E-state index contributed by atoms with van der Waals surface area (Å²) < 4.78 is 15.4. The number of benzene rings is 2. The Labute approximate surface area is 150 Å². The fraction of sp³-hybridized carbons (Fsp3) is 0.167. The van der Waals surface area contributed by atoms with Crippen LogP contribution >= 0.6 is 0 Å². The molecular weight excluding hydrogens is 340 g/mol. The first-order valence-corrected chi connectivity index (χ1v) is 7.54. The first-order valence-electron chi connectivity index (χ1n) is 7.54.